The number of carbonyl (C=O) groups excluding carboxylic acids is 2. The molecule has 6 heteroatoms. The minimum Gasteiger partial charge on any atom is -0.457 e. The van der Waals surface area contributed by atoms with Gasteiger partial charge in [-0.15, -0.1) is 11.8 Å². The molecule has 3 nitrogen and oxygen atoms in total. The summed E-state index contributed by atoms with van der Waals surface area (Å²) in [5, 5.41) is 1.06. The van der Waals surface area contributed by atoms with E-state index in [9.17, 15) is 9.59 Å². The van der Waals surface area contributed by atoms with Crippen molar-refractivity contribution in [3.63, 3.8) is 0 Å². The lowest BCUT2D eigenvalue weighted by atomic mass is 10.0. The zero-order chi connectivity index (χ0) is 17.7. The second-order valence-electron chi connectivity index (χ2n) is 5.25. The van der Waals surface area contributed by atoms with Crippen LogP contribution in [0.3, 0.4) is 0 Å². The molecule has 0 bridgehead atoms. The Morgan fingerprint density at radius 3 is 2.50 bits per heavy atom. The Morgan fingerprint density at radius 2 is 1.79 bits per heavy atom. The fraction of sp³-hybridized carbons (Fsp3) is 0.222. The van der Waals surface area contributed by atoms with Gasteiger partial charge in [0.25, 0.3) is 0 Å². The molecule has 0 saturated heterocycles. The first kappa shape index (κ1) is 18.8. The van der Waals surface area contributed by atoms with Crippen molar-refractivity contribution in [1.29, 1.82) is 0 Å². The van der Waals surface area contributed by atoms with Gasteiger partial charge in [-0.05, 0) is 49.2 Å². The van der Waals surface area contributed by atoms with Gasteiger partial charge in [0, 0.05) is 15.5 Å². The van der Waals surface area contributed by atoms with Crippen molar-refractivity contribution in [1.82, 2.24) is 0 Å². The quantitative estimate of drug-likeness (QED) is 0.394. The molecule has 0 radical (unpaired) electrons. The fourth-order valence-electron chi connectivity index (χ4n) is 1.91. The van der Waals surface area contributed by atoms with Crippen LogP contribution in [0.15, 0.2) is 41.3 Å². The van der Waals surface area contributed by atoms with Gasteiger partial charge in [0.15, 0.2) is 12.4 Å². The smallest absolute Gasteiger partial charge is 0.316 e. The van der Waals surface area contributed by atoms with Crippen LogP contribution in [0.25, 0.3) is 0 Å². The van der Waals surface area contributed by atoms with Crippen LogP contribution < -0.4 is 0 Å². The van der Waals surface area contributed by atoms with Gasteiger partial charge in [-0.1, -0.05) is 35.3 Å². The summed E-state index contributed by atoms with van der Waals surface area (Å²) in [6.07, 6.45) is 0. The molecule has 0 N–H and O–H groups in total. The fourth-order valence-corrected chi connectivity index (χ4v) is 3.20. The second kappa shape index (κ2) is 8.56. The highest BCUT2D eigenvalue weighted by Gasteiger charge is 2.12. The van der Waals surface area contributed by atoms with Crippen LogP contribution in [-0.4, -0.2) is 24.1 Å². The summed E-state index contributed by atoms with van der Waals surface area (Å²) in [5.74, 6) is -0.647. The molecule has 2 rings (SSSR count). The summed E-state index contributed by atoms with van der Waals surface area (Å²) < 4.78 is 5.03. The maximum atomic E-state index is 12.1. The molecule has 0 aromatic heterocycles. The van der Waals surface area contributed by atoms with Crippen LogP contribution in [0.1, 0.15) is 21.5 Å². The van der Waals surface area contributed by atoms with Crippen LogP contribution in [0.5, 0.6) is 0 Å². The molecular formula is C18H16Cl2O3S. The van der Waals surface area contributed by atoms with Crippen molar-refractivity contribution in [2.75, 3.05) is 12.4 Å². The van der Waals surface area contributed by atoms with Gasteiger partial charge in [-0.3, -0.25) is 9.59 Å². The van der Waals surface area contributed by atoms with Gasteiger partial charge in [0.2, 0.25) is 0 Å². The molecule has 0 saturated carbocycles. The second-order valence-corrected chi connectivity index (χ2v) is 7.11. The number of ether oxygens (including phenoxy) is 1. The Balaban J connectivity index is 1.85. The molecule has 0 unspecified atom stereocenters. The third-order valence-electron chi connectivity index (χ3n) is 3.43. The van der Waals surface area contributed by atoms with E-state index in [1.54, 1.807) is 30.3 Å². The lowest BCUT2D eigenvalue weighted by molar-refractivity contribution is -0.139. The number of rotatable bonds is 6. The molecule has 0 aliphatic rings. The number of hydrogen-bond donors (Lipinski definition) is 0. The lowest BCUT2D eigenvalue weighted by Gasteiger charge is -2.07. The number of ketones is 1. The molecule has 0 aliphatic carbocycles. The highest BCUT2D eigenvalue weighted by Crippen LogP contribution is 2.29. The number of aryl methyl sites for hydroxylation is 2. The average molecular weight is 383 g/mol. The SMILES string of the molecule is Cc1ccc(C(=O)COC(=O)CSc2cc(Cl)ccc2Cl)cc1C. The van der Waals surface area contributed by atoms with E-state index in [1.165, 1.54) is 11.8 Å². The number of hydrogen-bond acceptors (Lipinski definition) is 4. The summed E-state index contributed by atoms with van der Waals surface area (Å²) in [5.41, 5.74) is 2.67. The predicted octanol–water partition coefficient (Wildman–Crippen LogP) is 5.13. The monoisotopic (exact) mass is 382 g/mol. The van der Waals surface area contributed by atoms with E-state index in [2.05, 4.69) is 0 Å². The van der Waals surface area contributed by atoms with Crippen LogP contribution in [0, 0.1) is 13.8 Å². The third-order valence-corrected chi connectivity index (χ3v) is 5.14. The highest BCUT2D eigenvalue weighted by atomic mass is 35.5. The Hall–Kier alpha value is -1.49. The minimum atomic E-state index is -0.478. The molecule has 2 aromatic rings. The third kappa shape index (κ3) is 5.26. The van der Waals surface area contributed by atoms with E-state index in [0.29, 0.717) is 20.5 Å². The van der Waals surface area contributed by atoms with E-state index in [0.717, 1.165) is 11.1 Å². The van der Waals surface area contributed by atoms with Crippen LogP contribution in [0.2, 0.25) is 10.0 Å². The Labute approximate surface area is 155 Å². The predicted molar refractivity (Wildman–Crippen MR) is 98.4 cm³/mol. The van der Waals surface area contributed by atoms with Crippen molar-refractivity contribution >= 4 is 46.7 Å². The number of thioether (sulfide) groups is 1. The van der Waals surface area contributed by atoms with Crippen LogP contribution in [0.4, 0.5) is 0 Å². The Morgan fingerprint density at radius 1 is 1.04 bits per heavy atom. The Kier molecular flexibility index (Phi) is 6.72. The van der Waals surface area contributed by atoms with E-state index in [-0.39, 0.29) is 18.1 Å². The van der Waals surface area contributed by atoms with Crippen LogP contribution in [-0.2, 0) is 9.53 Å². The standard InChI is InChI=1S/C18H16Cl2O3S/c1-11-3-4-13(7-12(11)2)16(21)9-23-18(22)10-24-17-8-14(19)5-6-15(17)20/h3-8H,9-10H2,1-2H3. The van der Waals surface area contributed by atoms with E-state index < -0.39 is 5.97 Å². The molecule has 0 aliphatic heterocycles. The lowest BCUT2D eigenvalue weighted by Crippen LogP contribution is -2.15. The molecule has 0 amide bonds. The van der Waals surface area contributed by atoms with E-state index >= 15 is 0 Å². The molecular weight excluding hydrogens is 367 g/mol. The molecule has 126 valence electrons. The van der Waals surface area contributed by atoms with Crippen molar-refractivity contribution < 1.29 is 14.3 Å². The number of Topliss-reactive ketones (excluding diaryl/α,β-unsaturated/α-hetero) is 1. The largest absolute Gasteiger partial charge is 0.457 e. The van der Waals surface area contributed by atoms with E-state index in [1.807, 2.05) is 19.9 Å². The normalized spacial score (nSPS) is 10.5. The summed E-state index contributed by atoms with van der Waals surface area (Å²) in [4.78, 5) is 24.6. The number of halogens is 2. The first-order valence-corrected chi connectivity index (χ1v) is 8.95. The summed E-state index contributed by atoms with van der Waals surface area (Å²) in [7, 11) is 0. The molecule has 0 fully saturated rings. The van der Waals surface area contributed by atoms with Crippen molar-refractivity contribution in [2.24, 2.45) is 0 Å². The maximum absolute atomic E-state index is 12.1. The summed E-state index contributed by atoms with van der Waals surface area (Å²) in [6.45, 7) is 3.64. The van der Waals surface area contributed by atoms with Crippen molar-refractivity contribution in [2.45, 2.75) is 18.7 Å². The zero-order valence-corrected chi connectivity index (χ0v) is 15.6. The number of carbonyl (C=O) groups is 2. The van der Waals surface area contributed by atoms with Gasteiger partial charge in [0.05, 0.1) is 10.8 Å². The average Bonchev–Trinajstić information content (AvgIpc) is 2.56. The molecule has 24 heavy (non-hydrogen) atoms. The minimum absolute atomic E-state index is 0.0558. The number of esters is 1. The van der Waals surface area contributed by atoms with Crippen molar-refractivity contribution in [3.8, 4) is 0 Å². The molecule has 2 aromatic carbocycles. The first-order valence-electron chi connectivity index (χ1n) is 7.20. The summed E-state index contributed by atoms with van der Waals surface area (Å²) >= 11 is 13.1. The maximum Gasteiger partial charge on any atom is 0.316 e. The Bertz CT molecular complexity index is 775. The van der Waals surface area contributed by atoms with Gasteiger partial charge >= 0.3 is 5.97 Å². The van der Waals surface area contributed by atoms with Gasteiger partial charge in [-0.2, -0.15) is 0 Å². The van der Waals surface area contributed by atoms with Gasteiger partial charge < -0.3 is 4.74 Å². The molecule has 0 spiro atoms. The van der Waals surface area contributed by atoms with Gasteiger partial charge in [0.1, 0.15) is 0 Å². The summed E-state index contributed by atoms with van der Waals surface area (Å²) in [6, 6.07) is 10.4. The number of benzene rings is 2. The first-order chi connectivity index (χ1) is 11.4. The molecule has 0 heterocycles. The highest BCUT2D eigenvalue weighted by molar-refractivity contribution is 8.00. The van der Waals surface area contributed by atoms with Crippen molar-refractivity contribution in [3.05, 3.63) is 63.1 Å². The van der Waals surface area contributed by atoms with Gasteiger partial charge in [-0.25, -0.2) is 0 Å². The van der Waals surface area contributed by atoms with E-state index in [4.69, 9.17) is 27.9 Å². The van der Waals surface area contributed by atoms with Crippen LogP contribution >= 0.6 is 35.0 Å². The molecule has 0 atom stereocenters. The zero-order valence-electron chi connectivity index (χ0n) is 13.3. The topological polar surface area (TPSA) is 43.4 Å².